The van der Waals surface area contributed by atoms with Crippen molar-refractivity contribution in [3.63, 3.8) is 0 Å². The highest BCUT2D eigenvalue weighted by Crippen LogP contribution is 2.16. The Labute approximate surface area is 122 Å². The summed E-state index contributed by atoms with van der Waals surface area (Å²) in [5.41, 5.74) is 1.17. The molecular formula is C13H15FN4O2S. The van der Waals surface area contributed by atoms with Crippen LogP contribution in [0.5, 0.6) is 0 Å². The Hall–Kier alpha value is -1.90. The number of hydrogen-bond acceptors (Lipinski definition) is 5. The van der Waals surface area contributed by atoms with Gasteiger partial charge in [-0.1, -0.05) is 6.07 Å². The van der Waals surface area contributed by atoms with Gasteiger partial charge in [-0.25, -0.2) is 27.5 Å². The van der Waals surface area contributed by atoms with Gasteiger partial charge in [0, 0.05) is 12.7 Å². The summed E-state index contributed by atoms with van der Waals surface area (Å²) in [5, 5.41) is 2.87. The molecule has 2 aromatic rings. The average Bonchev–Trinajstić information content (AvgIpc) is 2.46. The minimum atomic E-state index is -3.93. The maximum Gasteiger partial charge on any atom is 0.243 e. The Morgan fingerprint density at radius 2 is 2.05 bits per heavy atom. The molecule has 0 saturated heterocycles. The first-order chi connectivity index (χ1) is 10.0. The van der Waals surface area contributed by atoms with Crippen LogP contribution in [0.2, 0.25) is 0 Å². The minimum Gasteiger partial charge on any atom is -0.316 e. The van der Waals surface area contributed by atoms with Crippen molar-refractivity contribution in [3.8, 4) is 0 Å². The third-order valence-corrected chi connectivity index (χ3v) is 4.19. The van der Waals surface area contributed by atoms with E-state index in [4.69, 9.17) is 0 Å². The van der Waals surface area contributed by atoms with Gasteiger partial charge in [0.2, 0.25) is 10.0 Å². The van der Waals surface area contributed by atoms with Crippen molar-refractivity contribution in [2.24, 2.45) is 0 Å². The van der Waals surface area contributed by atoms with Gasteiger partial charge in [-0.15, -0.1) is 0 Å². The van der Waals surface area contributed by atoms with Crippen LogP contribution in [0, 0.1) is 5.82 Å². The molecule has 2 rings (SSSR count). The fourth-order valence-electron chi connectivity index (χ4n) is 1.75. The van der Waals surface area contributed by atoms with E-state index in [1.165, 1.54) is 24.7 Å². The number of sulfonamides is 1. The van der Waals surface area contributed by atoms with Gasteiger partial charge in [-0.05, 0) is 30.8 Å². The zero-order valence-electron chi connectivity index (χ0n) is 11.4. The fraction of sp³-hybridized carbons (Fsp3) is 0.231. The molecule has 112 valence electrons. The van der Waals surface area contributed by atoms with E-state index in [9.17, 15) is 12.8 Å². The smallest absolute Gasteiger partial charge is 0.243 e. The van der Waals surface area contributed by atoms with E-state index in [0.717, 1.165) is 0 Å². The lowest BCUT2D eigenvalue weighted by Crippen LogP contribution is -2.24. The van der Waals surface area contributed by atoms with Gasteiger partial charge in [0.05, 0.1) is 12.2 Å². The van der Waals surface area contributed by atoms with Gasteiger partial charge >= 0.3 is 0 Å². The SMILES string of the molecule is CNCc1ccc(S(=O)(=O)NCc2ccncn2)c(F)c1. The normalized spacial score (nSPS) is 11.5. The zero-order valence-corrected chi connectivity index (χ0v) is 12.2. The van der Waals surface area contributed by atoms with Crippen LogP contribution in [0.15, 0.2) is 41.7 Å². The summed E-state index contributed by atoms with van der Waals surface area (Å²) in [7, 11) is -2.20. The molecule has 0 atom stereocenters. The molecule has 0 aliphatic heterocycles. The maximum absolute atomic E-state index is 13.9. The molecule has 2 N–H and O–H groups in total. The molecule has 0 bridgehead atoms. The van der Waals surface area contributed by atoms with E-state index in [0.29, 0.717) is 17.8 Å². The third kappa shape index (κ3) is 4.03. The summed E-state index contributed by atoms with van der Waals surface area (Å²) < 4.78 is 40.4. The van der Waals surface area contributed by atoms with Crippen LogP contribution in [0.1, 0.15) is 11.3 Å². The van der Waals surface area contributed by atoms with Crippen molar-refractivity contribution >= 4 is 10.0 Å². The first-order valence-corrected chi connectivity index (χ1v) is 7.69. The minimum absolute atomic E-state index is 0.0252. The first-order valence-electron chi connectivity index (χ1n) is 6.20. The van der Waals surface area contributed by atoms with Gasteiger partial charge in [-0.3, -0.25) is 0 Å². The number of rotatable bonds is 6. The molecule has 6 nitrogen and oxygen atoms in total. The molecule has 1 heterocycles. The van der Waals surface area contributed by atoms with E-state index >= 15 is 0 Å². The molecule has 21 heavy (non-hydrogen) atoms. The van der Waals surface area contributed by atoms with E-state index in [-0.39, 0.29) is 11.4 Å². The Balaban J connectivity index is 2.16. The van der Waals surface area contributed by atoms with Gasteiger partial charge in [0.1, 0.15) is 17.0 Å². The monoisotopic (exact) mass is 310 g/mol. The van der Waals surface area contributed by atoms with Crippen LogP contribution in [0.4, 0.5) is 4.39 Å². The summed E-state index contributed by atoms with van der Waals surface area (Å²) in [6.45, 7) is 0.439. The van der Waals surface area contributed by atoms with Crippen molar-refractivity contribution < 1.29 is 12.8 Å². The van der Waals surface area contributed by atoms with Gasteiger partial charge in [-0.2, -0.15) is 0 Å². The number of benzene rings is 1. The molecule has 0 unspecified atom stereocenters. The van der Waals surface area contributed by atoms with Crippen molar-refractivity contribution in [3.05, 3.63) is 53.9 Å². The second kappa shape index (κ2) is 6.70. The van der Waals surface area contributed by atoms with Crippen molar-refractivity contribution in [1.29, 1.82) is 0 Å². The lowest BCUT2D eigenvalue weighted by atomic mass is 10.2. The molecule has 0 aliphatic carbocycles. The van der Waals surface area contributed by atoms with Gasteiger partial charge < -0.3 is 5.32 Å². The molecule has 0 saturated carbocycles. The maximum atomic E-state index is 13.9. The molecule has 0 amide bonds. The number of aromatic nitrogens is 2. The number of nitrogens with zero attached hydrogens (tertiary/aromatic N) is 2. The molecule has 0 radical (unpaired) electrons. The van der Waals surface area contributed by atoms with E-state index in [2.05, 4.69) is 20.0 Å². The van der Waals surface area contributed by atoms with Crippen LogP contribution in [0.3, 0.4) is 0 Å². The molecule has 0 spiro atoms. The molecule has 0 aliphatic rings. The second-order valence-corrected chi connectivity index (χ2v) is 6.06. The van der Waals surface area contributed by atoms with Crippen LogP contribution < -0.4 is 10.0 Å². The molecule has 1 aromatic heterocycles. The Kier molecular flexibility index (Phi) is 4.94. The number of hydrogen-bond donors (Lipinski definition) is 2. The topological polar surface area (TPSA) is 84.0 Å². The summed E-state index contributed by atoms with van der Waals surface area (Å²) in [5.74, 6) is -0.780. The summed E-state index contributed by atoms with van der Waals surface area (Å²) >= 11 is 0. The van der Waals surface area contributed by atoms with Crippen molar-refractivity contribution in [2.45, 2.75) is 18.0 Å². The largest absolute Gasteiger partial charge is 0.316 e. The molecule has 0 fully saturated rings. The summed E-state index contributed by atoms with van der Waals surface area (Å²) in [6.07, 6.45) is 2.82. The standard InChI is InChI=1S/C13H15FN4O2S/c1-15-7-10-2-3-13(12(14)6-10)21(19,20)18-8-11-4-5-16-9-17-11/h2-6,9,15,18H,7-8H2,1H3. The van der Waals surface area contributed by atoms with Crippen LogP contribution in [0.25, 0.3) is 0 Å². The highest BCUT2D eigenvalue weighted by atomic mass is 32.2. The van der Waals surface area contributed by atoms with Crippen LogP contribution in [-0.2, 0) is 23.1 Å². The first kappa shape index (κ1) is 15.5. The van der Waals surface area contributed by atoms with Crippen molar-refractivity contribution in [1.82, 2.24) is 20.0 Å². The lowest BCUT2D eigenvalue weighted by Gasteiger charge is -2.08. The summed E-state index contributed by atoms with van der Waals surface area (Å²) in [6, 6.07) is 5.60. The van der Waals surface area contributed by atoms with Crippen LogP contribution >= 0.6 is 0 Å². The van der Waals surface area contributed by atoms with Gasteiger partial charge in [0.15, 0.2) is 0 Å². The zero-order chi connectivity index (χ0) is 15.3. The van der Waals surface area contributed by atoms with Crippen molar-refractivity contribution in [2.75, 3.05) is 7.05 Å². The van der Waals surface area contributed by atoms with E-state index in [1.807, 2.05) is 0 Å². The number of halogens is 1. The summed E-state index contributed by atoms with van der Waals surface area (Å²) in [4.78, 5) is 7.25. The molecular weight excluding hydrogens is 295 g/mol. The predicted octanol–water partition coefficient (Wildman–Crippen LogP) is 0.814. The Bertz CT molecular complexity index is 707. The lowest BCUT2D eigenvalue weighted by molar-refractivity contribution is 0.554. The highest BCUT2D eigenvalue weighted by molar-refractivity contribution is 7.89. The Morgan fingerprint density at radius 3 is 2.67 bits per heavy atom. The third-order valence-electron chi connectivity index (χ3n) is 2.75. The van der Waals surface area contributed by atoms with Crippen LogP contribution in [-0.4, -0.2) is 25.4 Å². The molecule has 8 heteroatoms. The second-order valence-electron chi connectivity index (χ2n) is 4.32. The fourth-order valence-corrected chi connectivity index (χ4v) is 2.80. The van der Waals surface area contributed by atoms with E-state index < -0.39 is 15.8 Å². The quantitative estimate of drug-likeness (QED) is 0.825. The number of nitrogens with one attached hydrogen (secondary N) is 2. The van der Waals surface area contributed by atoms with Gasteiger partial charge in [0.25, 0.3) is 0 Å². The Morgan fingerprint density at radius 1 is 1.24 bits per heavy atom. The average molecular weight is 310 g/mol. The highest BCUT2D eigenvalue weighted by Gasteiger charge is 2.19. The molecule has 1 aromatic carbocycles. The van der Waals surface area contributed by atoms with E-state index in [1.54, 1.807) is 19.2 Å². The predicted molar refractivity (Wildman–Crippen MR) is 75.2 cm³/mol.